The molecule has 2 saturated carbocycles. The van der Waals surface area contributed by atoms with E-state index in [1.807, 2.05) is 0 Å². The van der Waals surface area contributed by atoms with Gasteiger partial charge in [-0.3, -0.25) is 4.79 Å². The first-order chi connectivity index (χ1) is 12.6. The fourth-order valence-corrected chi connectivity index (χ4v) is 4.53. The number of hydrogen-bond acceptors (Lipinski definition) is 5. The molecular weight excluding hydrogens is 368 g/mol. The van der Waals surface area contributed by atoms with Gasteiger partial charge >= 0.3 is 5.63 Å². The summed E-state index contributed by atoms with van der Waals surface area (Å²) < 4.78 is 10.7. The van der Waals surface area contributed by atoms with Crippen molar-refractivity contribution in [2.75, 3.05) is 6.61 Å². The van der Waals surface area contributed by atoms with Gasteiger partial charge in [-0.25, -0.2) is 4.79 Å². The van der Waals surface area contributed by atoms with Gasteiger partial charge in [-0.15, -0.1) is 12.4 Å². The quantitative estimate of drug-likeness (QED) is 0.780. The zero-order chi connectivity index (χ0) is 18.1. The first kappa shape index (κ1) is 19.7. The number of amides is 1. The summed E-state index contributed by atoms with van der Waals surface area (Å²) in [4.78, 5) is 23.7. The van der Waals surface area contributed by atoms with Crippen molar-refractivity contribution in [2.45, 2.75) is 44.2 Å². The monoisotopic (exact) mass is 392 g/mol. The molecule has 4 rings (SSSR count). The van der Waals surface area contributed by atoms with E-state index in [2.05, 4.69) is 5.32 Å². The van der Waals surface area contributed by atoms with E-state index in [4.69, 9.17) is 14.9 Å². The molecule has 27 heavy (non-hydrogen) atoms. The van der Waals surface area contributed by atoms with Crippen LogP contribution >= 0.6 is 12.4 Å². The van der Waals surface area contributed by atoms with E-state index in [-0.39, 0.29) is 37.0 Å². The highest BCUT2D eigenvalue weighted by atomic mass is 35.5. The van der Waals surface area contributed by atoms with Gasteiger partial charge in [0.1, 0.15) is 11.3 Å². The zero-order valence-electron chi connectivity index (χ0n) is 15.1. The first-order valence-electron chi connectivity index (χ1n) is 9.30. The van der Waals surface area contributed by atoms with Crippen LogP contribution in [0.5, 0.6) is 5.75 Å². The van der Waals surface area contributed by atoms with Crippen molar-refractivity contribution in [2.24, 2.45) is 17.6 Å². The van der Waals surface area contributed by atoms with E-state index >= 15 is 0 Å². The Morgan fingerprint density at radius 3 is 2.63 bits per heavy atom. The molecule has 2 unspecified atom stereocenters. The molecule has 2 atom stereocenters. The molecule has 6 nitrogen and oxygen atoms in total. The lowest BCUT2D eigenvalue weighted by Crippen LogP contribution is -2.54. The lowest BCUT2D eigenvalue weighted by Gasteiger charge is -2.45. The summed E-state index contributed by atoms with van der Waals surface area (Å²) in [5.74, 6) is 1.36. The van der Waals surface area contributed by atoms with E-state index < -0.39 is 5.63 Å². The van der Waals surface area contributed by atoms with Crippen LogP contribution in [-0.4, -0.2) is 24.6 Å². The number of nitrogens with one attached hydrogen (secondary N) is 1. The van der Waals surface area contributed by atoms with Crippen molar-refractivity contribution in [3.05, 3.63) is 40.8 Å². The number of benzene rings is 1. The predicted octanol–water partition coefficient (Wildman–Crippen LogP) is 2.62. The molecule has 2 aliphatic rings. The summed E-state index contributed by atoms with van der Waals surface area (Å²) in [5, 5.41) is 3.98. The number of nitrogens with two attached hydrogens (primary N) is 1. The number of fused-ring (bicyclic) bond motifs is 3. The third-order valence-electron chi connectivity index (χ3n) is 5.67. The van der Waals surface area contributed by atoms with E-state index in [1.165, 1.54) is 12.5 Å². The second kappa shape index (κ2) is 8.31. The smallest absolute Gasteiger partial charge is 0.336 e. The van der Waals surface area contributed by atoms with Crippen LogP contribution in [-0.2, 0) is 4.79 Å². The van der Waals surface area contributed by atoms with E-state index in [0.717, 1.165) is 31.1 Å². The summed E-state index contributed by atoms with van der Waals surface area (Å²) >= 11 is 0. The molecule has 0 radical (unpaired) electrons. The van der Waals surface area contributed by atoms with Gasteiger partial charge in [-0.2, -0.15) is 0 Å². The lowest BCUT2D eigenvalue weighted by molar-refractivity contribution is -0.125. The van der Waals surface area contributed by atoms with Gasteiger partial charge in [0.25, 0.3) is 5.91 Å². The zero-order valence-corrected chi connectivity index (χ0v) is 15.9. The van der Waals surface area contributed by atoms with Crippen molar-refractivity contribution < 1.29 is 13.9 Å². The van der Waals surface area contributed by atoms with Crippen molar-refractivity contribution in [3.63, 3.8) is 0 Å². The molecule has 3 N–H and O–H groups in total. The van der Waals surface area contributed by atoms with Crippen LogP contribution in [0, 0.1) is 11.8 Å². The summed E-state index contributed by atoms with van der Waals surface area (Å²) in [7, 11) is 0. The Balaban J connectivity index is 0.00000210. The Labute approximate surface area is 163 Å². The fourth-order valence-electron chi connectivity index (χ4n) is 4.53. The molecule has 2 aromatic rings. The number of halogens is 1. The molecular formula is C20H25ClN2O4. The van der Waals surface area contributed by atoms with Crippen LogP contribution in [0.2, 0.25) is 0 Å². The Bertz CT molecular complexity index is 854. The SMILES string of the molecule is Cl.NC1CC2CCCC(C1)C2NC(=O)COc1ccc2ccc(=O)oc2c1. The maximum atomic E-state index is 12.4. The highest BCUT2D eigenvalue weighted by molar-refractivity contribution is 5.85. The van der Waals surface area contributed by atoms with Gasteiger partial charge < -0.3 is 20.2 Å². The standard InChI is InChI=1S/C20H24N2O4.ClH/c21-15-8-13-2-1-3-14(9-15)20(13)22-18(23)11-25-16-6-4-12-5-7-19(24)26-17(12)10-16;/h4-7,10,13-15,20H,1-3,8-9,11,21H2,(H,22,23);1H. The largest absolute Gasteiger partial charge is 0.484 e. The van der Waals surface area contributed by atoms with Crippen LogP contribution in [0.25, 0.3) is 11.0 Å². The summed E-state index contributed by atoms with van der Waals surface area (Å²) in [6.07, 6.45) is 5.49. The topological polar surface area (TPSA) is 94.6 Å². The summed E-state index contributed by atoms with van der Waals surface area (Å²) in [5.41, 5.74) is 6.18. The maximum absolute atomic E-state index is 12.4. The average molecular weight is 393 g/mol. The van der Waals surface area contributed by atoms with Crippen molar-refractivity contribution >= 4 is 29.3 Å². The van der Waals surface area contributed by atoms with Gasteiger partial charge in [0.05, 0.1) is 0 Å². The van der Waals surface area contributed by atoms with Gasteiger partial charge in [-0.1, -0.05) is 6.42 Å². The highest BCUT2D eigenvalue weighted by Gasteiger charge is 2.39. The maximum Gasteiger partial charge on any atom is 0.336 e. The van der Waals surface area contributed by atoms with Crippen LogP contribution in [0.15, 0.2) is 39.5 Å². The first-order valence-corrected chi connectivity index (χ1v) is 9.30. The minimum atomic E-state index is -0.408. The normalized spacial score (nSPS) is 26.9. The second-order valence-corrected chi connectivity index (χ2v) is 7.52. The number of rotatable bonds is 4. The van der Waals surface area contributed by atoms with Crippen molar-refractivity contribution in [1.29, 1.82) is 0 Å². The molecule has 1 aromatic heterocycles. The van der Waals surface area contributed by atoms with Crippen LogP contribution < -0.4 is 21.4 Å². The van der Waals surface area contributed by atoms with Gasteiger partial charge in [0, 0.05) is 29.6 Å². The highest BCUT2D eigenvalue weighted by Crippen LogP contribution is 2.39. The van der Waals surface area contributed by atoms with Crippen LogP contribution in [0.1, 0.15) is 32.1 Å². The molecule has 0 spiro atoms. The Morgan fingerprint density at radius 2 is 1.89 bits per heavy atom. The minimum absolute atomic E-state index is 0. The third-order valence-corrected chi connectivity index (χ3v) is 5.67. The number of carbonyl (C=O) groups is 1. The third kappa shape index (κ3) is 4.45. The summed E-state index contributed by atoms with van der Waals surface area (Å²) in [6.45, 7) is -0.0510. The van der Waals surface area contributed by atoms with E-state index in [1.54, 1.807) is 24.3 Å². The average Bonchev–Trinajstić information content (AvgIpc) is 2.60. The molecule has 1 amide bonds. The molecule has 0 aliphatic heterocycles. The van der Waals surface area contributed by atoms with E-state index in [0.29, 0.717) is 23.2 Å². The molecule has 1 aromatic carbocycles. The predicted molar refractivity (Wildman–Crippen MR) is 105 cm³/mol. The fraction of sp³-hybridized carbons (Fsp3) is 0.500. The lowest BCUT2D eigenvalue weighted by atomic mass is 9.67. The van der Waals surface area contributed by atoms with Crippen molar-refractivity contribution in [1.82, 2.24) is 5.32 Å². The molecule has 0 saturated heterocycles. The second-order valence-electron chi connectivity index (χ2n) is 7.52. The Kier molecular flexibility index (Phi) is 6.07. The number of hydrogen-bond donors (Lipinski definition) is 2. The Morgan fingerprint density at radius 1 is 1.19 bits per heavy atom. The molecule has 7 heteroatoms. The number of ether oxygens (including phenoxy) is 1. The van der Waals surface area contributed by atoms with E-state index in [9.17, 15) is 9.59 Å². The summed E-state index contributed by atoms with van der Waals surface area (Å²) in [6, 6.07) is 8.77. The molecule has 2 bridgehead atoms. The Hall–Kier alpha value is -2.05. The van der Waals surface area contributed by atoms with Gasteiger partial charge in [0.15, 0.2) is 6.61 Å². The van der Waals surface area contributed by atoms with Gasteiger partial charge in [-0.05, 0) is 55.7 Å². The van der Waals surface area contributed by atoms with Crippen LogP contribution in [0.4, 0.5) is 0 Å². The number of carbonyl (C=O) groups excluding carboxylic acids is 1. The van der Waals surface area contributed by atoms with Gasteiger partial charge in [0.2, 0.25) is 0 Å². The van der Waals surface area contributed by atoms with Crippen LogP contribution in [0.3, 0.4) is 0 Å². The molecule has 2 fully saturated rings. The van der Waals surface area contributed by atoms with Crippen molar-refractivity contribution in [3.8, 4) is 5.75 Å². The molecule has 1 heterocycles. The minimum Gasteiger partial charge on any atom is -0.484 e. The molecule has 2 aliphatic carbocycles. The molecule has 146 valence electrons.